The van der Waals surface area contributed by atoms with Gasteiger partial charge in [0.2, 0.25) is 0 Å². The molecule has 1 amide bonds. The van der Waals surface area contributed by atoms with Crippen molar-refractivity contribution in [3.8, 4) is 0 Å². The first-order chi connectivity index (χ1) is 15.0. The molecule has 2 heterocycles. The summed E-state index contributed by atoms with van der Waals surface area (Å²) in [5.74, 6) is -0.568. The number of aliphatic hydroxyl groups is 1. The third-order valence-electron chi connectivity index (χ3n) is 6.27. The van der Waals surface area contributed by atoms with Crippen molar-refractivity contribution >= 4 is 15.7 Å². The van der Waals surface area contributed by atoms with Crippen molar-refractivity contribution < 1.29 is 31.5 Å². The Morgan fingerprint density at radius 3 is 2.25 bits per heavy atom. The van der Waals surface area contributed by atoms with Gasteiger partial charge in [0, 0.05) is 18.7 Å². The lowest BCUT2D eigenvalue weighted by molar-refractivity contribution is -0.137. The molecule has 0 saturated carbocycles. The largest absolute Gasteiger partial charge is 0.416 e. The van der Waals surface area contributed by atoms with Crippen LogP contribution in [0.4, 0.5) is 13.2 Å². The van der Waals surface area contributed by atoms with Gasteiger partial charge in [-0.15, -0.1) is 0 Å². The second-order valence-electron chi connectivity index (χ2n) is 8.78. The van der Waals surface area contributed by atoms with Gasteiger partial charge in [0.05, 0.1) is 17.1 Å². The fourth-order valence-electron chi connectivity index (χ4n) is 4.51. The lowest BCUT2D eigenvalue weighted by Crippen LogP contribution is -2.52. The maximum Gasteiger partial charge on any atom is 0.416 e. The molecule has 1 N–H and O–H groups in total. The Labute approximate surface area is 184 Å². The highest BCUT2D eigenvalue weighted by molar-refractivity contribution is 7.92. The van der Waals surface area contributed by atoms with Crippen molar-refractivity contribution in [3.63, 3.8) is 0 Å². The van der Waals surface area contributed by atoms with E-state index in [0.29, 0.717) is 49.0 Å². The minimum atomic E-state index is -4.36. The van der Waals surface area contributed by atoms with Gasteiger partial charge in [0.25, 0.3) is 5.91 Å². The molecule has 9 heteroatoms. The predicted molar refractivity (Wildman–Crippen MR) is 113 cm³/mol. The smallest absolute Gasteiger partial charge is 0.383 e. The molecule has 2 fully saturated rings. The summed E-state index contributed by atoms with van der Waals surface area (Å²) < 4.78 is 61.5. The van der Waals surface area contributed by atoms with Gasteiger partial charge in [0.15, 0.2) is 9.84 Å². The number of benzene rings is 2. The van der Waals surface area contributed by atoms with E-state index in [0.717, 1.165) is 6.07 Å². The molecule has 5 nitrogen and oxygen atoms in total. The Morgan fingerprint density at radius 1 is 1.06 bits per heavy atom. The average Bonchev–Trinajstić information content (AvgIpc) is 2.72. The maximum absolute atomic E-state index is 12.9. The number of carbonyl (C=O) groups is 1. The third-order valence-corrected chi connectivity index (χ3v) is 8.10. The van der Waals surface area contributed by atoms with Crippen molar-refractivity contribution in [1.82, 2.24) is 4.90 Å². The highest BCUT2D eigenvalue weighted by Gasteiger charge is 2.48. The molecule has 2 aliphatic rings. The zero-order chi connectivity index (χ0) is 23.1. The SMILES string of the molecule is O=C(c1ccc(C2(O)CS(=O)(=O)C2)cc1)N1CCC(Cc2cccc(C(F)(F)F)c2)CC1. The van der Waals surface area contributed by atoms with Crippen LogP contribution in [-0.4, -0.2) is 48.9 Å². The van der Waals surface area contributed by atoms with E-state index in [-0.39, 0.29) is 23.3 Å². The number of rotatable bonds is 4. The Kier molecular flexibility index (Phi) is 5.83. The summed E-state index contributed by atoms with van der Waals surface area (Å²) in [6, 6.07) is 11.7. The van der Waals surface area contributed by atoms with E-state index in [1.54, 1.807) is 35.2 Å². The summed E-state index contributed by atoms with van der Waals surface area (Å²) in [7, 11) is -3.20. The Hall–Kier alpha value is -2.39. The number of hydrogen-bond acceptors (Lipinski definition) is 4. The summed E-state index contributed by atoms with van der Waals surface area (Å²) in [4.78, 5) is 14.5. The van der Waals surface area contributed by atoms with Gasteiger partial charge in [-0.05, 0) is 54.5 Å². The molecule has 2 aromatic carbocycles. The Balaban J connectivity index is 1.33. The van der Waals surface area contributed by atoms with E-state index >= 15 is 0 Å². The number of hydrogen-bond donors (Lipinski definition) is 1. The molecule has 32 heavy (non-hydrogen) atoms. The maximum atomic E-state index is 12.9. The van der Waals surface area contributed by atoms with Crippen LogP contribution in [0.25, 0.3) is 0 Å². The molecule has 0 atom stereocenters. The quantitative estimate of drug-likeness (QED) is 0.748. The Morgan fingerprint density at radius 2 is 1.69 bits per heavy atom. The fraction of sp³-hybridized carbons (Fsp3) is 0.435. The molecule has 2 aliphatic heterocycles. The molecule has 2 aromatic rings. The monoisotopic (exact) mass is 467 g/mol. The molecule has 0 aromatic heterocycles. The molecule has 172 valence electrons. The molecule has 0 aliphatic carbocycles. The van der Waals surface area contributed by atoms with Gasteiger partial charge >= 0.3 is 6.18 Å². The van der Waals surface area contributed by atoms with Gasteiger partial charge in [-0.1, -0.05) is 30.3 Å². The topological polar surface area (TPSA) is 74.7 Å². The van der Waals surface area contributed by atoms with Gasteiger partial charge in [-0.3, -0.25) is 4.79 Å². The first-order valence-electron chi connectivity index (χ1n) is 10.4. The van der Waals surface area contributed by atoms with Crippen molar-refractivity contribution in [3.05, 3.63) is 70.8 Å². The van der Waals surface area contributed by atoms with Crippen molar-refractivity contribution in [1.29, 1.82) is 0 Å². The predicted octanol–water partition coefficient (Wildman–Crippen LogP) is 3.42. The van der Waals surface area contributed by atoms with Crippen LogP contribution in [0, 0.1) is 5.92 Å². The van der Waals surface area contributed by atoms with Gasteiger partial charge in [-0.2, -0.15) is 13.2 Å². The normalized spacial score (nSPS) is 20.6. The number of nitrogens with zero attached hydrogens (tertiary/aromatic N) is 1. The fourth-order valence-corrected chi connectivity index (χ4v) is 6.21. The molecular weight excluding hydrogens is 443 g/mol. The average molecular weight is 468 g/mol. The number of alkyl halides is 3. The van der Waals surface area contributed by atoms with Crippen molar-refractivity contribution in [2.24, 2.45) is 5.92 Å². The van der Waals surface area contributed by atoms with Crippen LogP contribution in [0.15, 0.2) is 48.5 Å². The number of sulfone groups is 1. The van der Waals surface area contributed by atoms with Gasteiger partial charge in [-0.25, -0.2) is 8.42 Å². The number of piperidine rings is 1. The molecule has 4 rings (SSSR count). The number of amides is 1. The van der Waals surface area contributed by atoms with Gasteiger partial charge in [0.1, 0.15) is 5.60 Å². The molecule has 0 radical (unpaired) electrons. The molecule has 2 saturated heterocycles. The van der Waals surface area contributed by atoms with E-state index in [2.05, 4.69) is 0 Å². The lowest BCUT2D eigenvalue weighted by atomic mass is 9.89. The summed E-state index contributed by atoms with van der Waals surface area (Å²) in [6.07, 6.45) is -2.40. The van der Waals surface area contributed by atoms with E-state index in [9.17, 15) is 31.5 Å². The zero-order valence-electron chi connectivity index (χ0n) is 17.3. The first kappa shape index (κ1) is 22.8. The van der Waals surface area contributed by atoms with Crippen molar-refractivity contribution in [2.45, 2.75) is 31.0 Å². The molecule has 0 unspecified atom stereocenters. The highest BCUT2D eigenvalue weighted by atomic mass is 32.2. The van der Waals surface area contributed by atoms with Crippen LogP contribution in [0.3, 0.4) is 0 Å². The summed E-state index contributed by atoms with van der Waals surface area (Å²) in [5.41, 5.74) is -0.451. The summed E-state index contributed by atoms with van der Waals surface area (Å²) >= 11 is 0. The summed E-state index contributed by atoms with van der Waals surface area (Å²) in [6.45, 7) is 1.04. The standard InChI is InChI=1S/C23H24F3NO4S/c24-23(25,26)20-3-1-2-17(13-20)12-16-8-10-27(11-9-16)21(28)18-4-6-19(7-5-18)22(29)14-32(30,31)15-22/h1-7,13,16,29H,8-12,14-15H2. The minimum Gasteiger partial charge on any atom is -0.383 e. The highest BCUT2D eigenvalue weighted by Crippen LogP contribution is 2.34. The third kappa shape index (κ3) is 4.83. The van der Waals surface area contributed by atoms with Crippen LogP contribution < -0.4 is 0 Å². The second-order valence-corrected chi connectivity index (χ2v) is 10.8. The zero-order valence-corrected chi connectivity index (χ0v) is 18.1. The first-order valence-corrected chi connectivity index (χ1v) is 12.3. The van der Waals surface area contributed by atoms with E-state index in [4.69, 9.17) is 0 Å². The van der Waals surface area contributed by atoms with Crippen LogP contribution in [0.5, 0.6) is 0 Å². The number of likely N-dealkylation sites (tertiary alicyclic amines) is 1. The molecular formula is C23H24F3NO4S. The summed E-state index contributed by atoms with van der Waals surface area (Å²) in [5, 5.41) is 10.4. The number of carbonyl (C=O) groups excluding carboxylic acids is 1. The second kappa shape index (κ2) is 8.19. The Bertz CT molecular complexity index is 1090. The van der Waals surface area contributed by atoms with Crippen LogP contribution in [-0.2, 0) is 28.0 Å². The van der Waals surface area contributed by atoms with E-state index in [1.807, 2.05) is 0 Å². The molecule has 0 spiro atoms. The number of halogens is 3. The van der Waals surface area contributed by atoms with E-state index < -0.39 is 27.2 Å². The van der Waals surface area contributed by atoms with Gasteiger partial charge < -0.3 is 10.0 Å². The van der Waals surface area contributed by atoms with E-state index in [1.165, 1.54) is 12.1 Å². The van der Waals surface area contributed by atoms with Crippen molar-refractivity contribution in [2.75, 3.05) is 24.6 Å². The van der Waals surface area contributed by atoms with Crippen LogP contribution in [0.2, 0.25) is 0 Å². The van der Waals surface area contributed by atoms with Crippen LogP contribution >= 0.6 is 0 Å². The minimum absolute atomic E-state index is 0.151. The molecule has 0 bridgehead atoms. The lowest BCUT2D eigenvalue weighted by Gasteiger charge is -2.36. The van der Waals surface area contributed by atoms with Crippen LogP contribution in [0.1, 0.15) is 39.9 Å².